The number of carbonyl (C=O) groups excluding carboxylic acids is 2. The van der Waals surface area contributed by atoms with Gasteiger partial charge in [0.15, 0.2) is 5.84 Å². The van der Waals surface area contributed by atoms with Gasteiger partial charge in [0.1, 0.15) is 5.70 Å². The topological polar surface area (TPSA) is 53.0 Å². The van der Waals surface area contributed by atoms with Crippen LogP contribution in [0.15, 0.2) is 77.4 Å². The minimum absolute atomic E-state index is 0.0753. The lowest BCUT2D eigenvalue weighted by molar-refractivity contribution is -0.133. The molecular weight excluding hydrogens is 349 g/mol. The van der Waals surface area contributed by atoms with Gasteiger partial charge in [0.25, 0.3) is 0 Å². The Balaban J connectivity index is 2.02. The second-order valence-corrected chi connectivity index (χ2v) is 5.54. The normalized spacial score (nSPS) is 14.1. The molecule has 0 saturated carbocycles. The largest absolute Gasteiger partial charge is 0.319 e. The summed E-state index contributed by atoms with van der Waals surface area (Å²) < 4.78 is 2.43. The van der Waals surface area contributed by atoms with E-state index < -0.39 is 11.7 Å². The van der Waals surface area contributed by atoms with Crippen molar-refractivity contribution in [2.45, 2.75) is 0 Å². The zero-order valence-electron chi connectivity index (χ0n) is 12.3. The Bertz CT molecular complexity index is 764. The molecule has 0 aromatic heterocycles. The van der Waals surface area contributed by atoms with E-state index in [1.165, 1.54) is 8.84 Å². The van der Waals surface area contributed by atoms with Gasteiger partial charge in [0.2, 0.25) is 5.78 Å². The Morgan fingerprint density at radius 3 is 1.79 bits per heavy atom. The van der Waals surface area contributed by atoms with Crippen molar-refractivity contribution in [2.24, 2.45) is 4.99 Å². The zero-order valence-corrected chi connectivity index (χ0v) is 13.8. The van der Waals surface area contributed by atoms with Crippen molar-refractivity contribution in [2.75, 3.05) is 8.84 Å². The molecule has 1 amide bonds. The van der Waals surface area contributed by atoms with Gasteiger partial charge in [0, 0.05) is 29.6 Å². The number of benzene rings is 2. The predicted octanol–water partition coefficient (Wildman–Crippen LogP) is 3.70. The molecule has 0 N–H and O–H groups in total. The monoisotopic (exact) mass is 359 g/mol. The lowest BCUT2D eigenvalue weighted by Gasteiger charge is -2.26. The van der Waals surface area contributed by atoms with E-state index in [0.29, 0.717) is 11.4 Å². The summed E-state index contributed by atoms with van der Waals surface area (Å²) in [7, 11) is 0. The Labute approximate surface area is 148 Å². The third kappa shape index (κ3) is 3.18. The number of rotatable bonds is 3. The second kappa shape index (κ2) is 6.86. The summed E-state index contributed by atoms with van der Waals surface area (Å²) in [6.07, 6.45) is 1.13. The van der Waals surface area contributed by atoms with Crippen molar-refractivity contribution in [1.29, 1.82) is 0 Å². The smallest absolute Gasteiger partial charge is 0.284 e. The molecule has 1 aliphatic heterocycles. The van der Waals surface area contributed by atoms with Gasteiger partial charge < -0.3 is 0 Å². The van der Waals surface area contributed by atoms with Crippen LogP contribution in [-0.4, -0.2) is 17.5 Å². The predicted molar refractivity (Wildman–Crippen MR) is 95.1 cm³/mol. The van der Waals surface area contributed by atoms with E-state index in [1.54, 1.807) is 48.5 Å². The number of dihydropyridines is 1. The van der Waals surface area contributed by atoms with E-state index in [1.807, 2.05) is 12.1 Å². The van der Waals surface area contributed by atoms with Gasteiger partial charge in [0.05, 0.1) is 11.4 Å². The first-order chi connectivity index (χ1) is 11.6. The molecule has 0 aliphatic carbocycles. The van der Waals surface area contributed by atoms with Crippen LogP contribution in [0.4, 0.5) is 11.4 Å². The number of carbonyl (C=O) groups is 2. The molecule has 2 aromatic rings. The number of hydrogen-bond acceptors (Lipinski definition) is 4. The highest BCUT2D eigenvalue weighted by Gasteiger charge is 2.30. The van der Waals surface area contributed by atoms with Crippen molar-refractivity contribution >= 4 is 52.5 Å². The Hall–Kier alpha value is -2.63. The van der Waals surface area contributed by atoms with Gasteiger partial charge in [-0.15, -0.1) is 0 Å². The SMILES string of the molecule is O=C1C=C(N(Cl)c2ccccc2)C(N(Cl)c2ccccc2)=NC1=O. The van der Waals surface area contributed by atoms with Gasteiger partial charge in [-0.3, -0.25) is 9.59 Å². The number of aliphatic imine (C=N–C) groups is 1. The maximum atomic E-state index is 11.8. The molecule has 0 unspecified atom stereocenters. The van der Waals surface area contributed by atoms with Crippen LogP contribution in [0.3, 0.4) is 0 Å². The maximum absolute atomic E-state index is 11.8. The number of amides is 1. The highest BCUT2D eigenvalue weighted by Crippen LogP contribution is 2.28. The van der Waals surface area contributed by atoms with Gasteiger partial charge >= 0.3 is 5.91 Å². The molecule has 5 nitrogen and oxygen atoms in total. The minimum atomic E-state index is -0.895. The fraction of sp³-hybridized carbons (Fsp3) is 0. The van der Waals surface area contributed by atoms with Crippen molar-refractivity contribution < 1.29 is 9.59 Å². The van der Waals surface area contributed by atoms with Crippen LogP contribution in [-0.2, 0) is 9.59 Å². The summed E-state index contributed by atoms with van der Waals surface area (Å²) >= 11 is 12.7. The van der Waals surface area contributed by atoms with E-state index in [0.717, 1.165) is 6.08 Å². The van der Waals surface area contributed by atoms with Crippen LogP contribution >= 0.6 is 23.6 Å². The van der Waals surface area contributed by atoms with Crippen LogP contribution in [0.2, 0.25) is 0 Å². The molecule has 0 atom stereocenters. The lowest BCUT2D eigenvalue weighted by Crippen LogP contribution is -2.35. The molecule has 0 bridgehead atoms. The summed E-state index contributed by atoms with van der Waals surface area (Å²) in [5.74, 6) is -1.58. The summed E-state index contributed by atoms with van der Waals surface area (Å²) in [4.78, 5) is 27.3. The van der Waals surface area contributed by atoms with E-state index in [2.05, 4.69) is 4.99 Å². The fourth-order valence-electron chi connectivity index (χ4n) is 2.13. The molecule has 3 rings (SSSR count). The molecule has 120 valence electrons. The van der Waals surface area contributed by atoms with Crippen LogP contribution < -0.4 is 8.84 Å². The average Bonchev–Trinajstić information content (AvgIpc) is 2.64. The lowest BCUT2D eigenvalue weighted by atomic mass is 10.2. The third-order valence-electron chi connectivity index (χ3n) is 3.28. The highest BCUT2D eigenvalue weighted by molar-refractivity contribution is 6.52. The van der Waals surface area contributed by atoms with E-state index in [-0.39, 0.29) is 11.5 Å². The number of amidine groups is 1. The van der Waals surface area contributed by atoms with Crippen LogP contribution in [0.1, 0.15) is 0 Å². The molecule has 7 heteroatoms. The minimum Gasteiger partial charge on any atom is -0.284 e. The van der Waals surface area contributed by atoms with Gasteiger partial charge in [-0.05, 0) is 24.3 Å². The van der Waals surface area contributed by atoms with Gasteiger partial charge in [-0.1, -0.05) is 36.4 Å². The summed E-state index contributed by atoms with van der Waals surface area (Å²) in [5.41, 5.74) is 1.41. The summed E-state index contributed by atoms with van der Waals surface area (Å²) in [6, 6.07) is 17.9. The summed E-state index contributed by atoms with van der Waals surface area (Å²) in [5, 5.41) is 0. The molecule has 0 radical (unpaired) electrons. The number of ketones is 1. The number of nitrogens with zero attached hydrogens (tertiary/aromatic N) is 3. The number of halogens is 2. The highest BCUT2D eigenvalue weighted by atomic mass is 35.5. The van der Waals surface area contributed by atoms with Gasteiger partial charge in [-0.25, -0.2) is 8.84 Å². The second-order valence-electron chi connectivity index (χ2n) is 4.87. The number of hydrogen-bond donors (Lipinski definition) is 0. The van der Waals surface area contributed by atoms with E-state index >= 15 is 0 Å². The quantitative estimate of drug-likeness (QED) is 0.619. The van der Waals surface area contributed by atoms with Crippen molar-refractivity contribution in [3.05, 3.63) is 72.4 Å². The van der Waals surface area contributed by atoms with Gasteiger partial charge in [-0.2, -0.15) is 4.99 Å². The number of para-hydroxylation sites is 2. The molecule has 24 heavy (non-hydrogen) atoms. The molecular formula is C17H11Cl2N3O2. The van der Waals surface area contributed by atoms with E-state index in [9.17, 15) is 9.59 Å². The molecule has 1 heterocycles. The van der Waals surface area contributed by atoms with E-state index in [4.69, 9.17) is 23.6 Å². The summed E-state index contributed by atoms with van der Waals surface area (Å²) in [6.45, 7) is 0. The molecule has 1 aliphatic rings. The molecule has 0 spiro atoms. The van der Waals surface area contributed by atoms with Crippen LogP contribution in [0.25, 0.3) is 0 Å². The Morgan fingerprint density at radius 2 is 1.25 bits per heavy atom. The van der Waals surface area contributed by atoms with Crippen LogP contribution in [0, 0.1) is 0 Å². The van der Waals surface area contributed by atoms with Crippen LogP contribution in [0.5, 0.6) is 0 Å². The molecule has 0 saturated heterocycles. The number of anilines is 2. The first kappa shape index (κ1) is 16.2. The Kier molecular flexibility index (Phi) is 4.64. The van der Waals surface area contributed by atoms with Crippen molar-refractivity contribution in [1.82, 2.24) is 0 Å². The fourth-order valence-corrected chi connectivity index (χ4v) is 2.60. The maximum Gasteiger partial charge on any atom is 0.319 e. The average molecular weight is 360 g/mol. The third-order valence-corrected chi connectivity index (χ3v) is 4.01. The van der Waals surface area contributed by atoms with Crippen molar-refractivity contribution in [3.8, 4) is 0 Å². The zero-order chi connectivity index (χ0) is 17.1. The first-order valence-corrected chi connectivity index (χ1v) is 7.66. The van der Waals surface area contributed by atoms with Crippen molar-refractivity contribution in [3.63, 3.8) is 0 Å². The standard InChI is InChI=1S/C17H11Cl2N3O2/c18-21(12-7-3-1-4-8-12)14-11-15(23)17(24)20-16(14)22(19)13-9-5-2-6-10-13/h1-11H. The Morgan fingerprint density at radius 1 is 0.750 bits per heavy atom. The molecule has 2 aromatic carbocycles. The first-order valence-electron chi connectivity index (χ1n) is 6.99. The molecule has 0 fully saturated rings.